The van der Waals surface area contributed by atoms with Gasteiger partial charge in [-0.3, -0.25) is 4.79 Å². The number of hydrogen-bond acceptors (Lipinski definition) is 5. The molecule has 1 aliphatic heterocycles. The lowest BCUT2D eigenvalue weighted by molar-refractivity contribution is 0.0649. The lowest BCUT2D eigenvalue weighted by Gasteiger charge is -2.28. The zero-order valence-electron chi connectivity index (χ0n) is 19.3. The minimum atomic E-state index is -3.14. The maximum Gasteiger partial charge on any atom is 0.290 e. The van der Waals surface area contributed by atoms with Crippen molar-refractivity contribution in [2.75, 3.05) is 30.5 Å². The molecule has 32 heavy (non-hydrogen) atoms. The van der Waals surface area contributed by atoms with E-state index in [2.05, 4.69) is 0 Å². The minimum absolute atomic E-state index is 0.00792. The SMILES string of the molecule is Cc1cc2oc(C(=O)N(Cc3ccc(N(C)C)cc3)[C@@H]3CCS(=O)(=O)C3)c(C)c2cc1C. The first kappa shape index (κ1) is 22.4. The maximum absolute atomic E-state index is 13.7. The fourth-order valence-corrected chi connectivity index (χ4v) is 6.03. The zero-order valence-corrected chi connectivity index (χ0v) is 20.1. The zero-order chi connectivity index (χ0) is 23.2. The van der Waals surface area contributed by atoms with E-state index in [-0.39, 0.29) is 23.5 Å². The van der Waals surface area contributed by atoms with E-state index in [1.807, 2.05) is 76.2 Å². The summed E-state index contributed by atoms with van der Waals surface area (Å²) in [5.41, 5.74) is 5.73. The summed E-state index contributed by atoms with van der Waals surface area (Å²) in [6.07, 6.45) is 0.446. The molecule has 1 aromatic heterocycles. The van der Waals surface area contributed by atoms with Crippen LogP contribution in [0.2, 0.25) is 0 Å². The van der Waals surface area contributed by atoms with Crippen molar-refractivity contribution in [2.45, 2.75) is 39.8 Å². The number of furan rings is 1. The largest absolute Gasteiger partial charge is 0.451 e. The molecule has 0 radical (unpaired) electrons. The molecule has 1 amide bonds. The van der Waals surface area contributed by atoms with Crippen LogP contribution in [0.25, 0.3) is 11.0 Å². The van der Waals surface area contributed by atoms with Gasteiger partial charge in [0.05, 0.1) is 11.5 Å². The number of rotatable bonds is 5. The average Bonchev–Trinajstić information content (AvgIpc) is 3.25. The van der Waals surface area contributed by atoms with Crippen molar-refractivity contribution in [3.8, 4) is 0 Å². The van der Waals surface area contributed by atoms with Gasteiger partial charge in [0.25, 0.3) is 5.91 Å². The summed E-state index contributed by atoms with van der Waals surface area (Å²) in [7, 11) is 0.805. The summed E-state index contributed by atoms with van der Waals surface area (Å²) in [5, 5.41) is 0.922. The Morgan fingerprint density at radius 1 is 1.06 bits per heavy atom. The lowest BCUT2D eigenvalue weighted by Crippen LogP contribution is -2.40. The van der Waals surface area contributed by atoms with E-state index in [0.717, 1.165) is 33.3 Å². The molecule has 6 nitrogen and oxygen atoms in total. The average molecular weight is 455 g/mol. The summed E-state index contributed by atoms with van der Waals surface area (Å²) in [6.45, 7) is 6.28. The number of benzene rings is 2. The molecule has 4 rings (SSSR count). The quantitative estimate of drug-likeness (QED) is 0.576. The van der Waals surface area contributed by atoms with E-state index in [4.69, 9.17) is 4.42 Å². The van der Waals surface area contributed by atoms with Gasteiger partial charge in [-0.25, -0.2) is 8.42 Å². The predicted molar refractivity (Wildman–Crippen MR) is 128 cm³/mol. The first-order chi connectivity index (χ1) is 15.1. The second kappa shape index (κ2) is 8.28. The maximum atomic E-state index is 13.7. The van der Waals surface area contributed by atoms with E-state index < -0.39 is 9.84 Å². The van der Waals surface area contributed by atoms with Crippen molar-refractivity contribution < 1.29 is 17.6 Å². The molecule has 0 unspecified atom stereocenters. The van der Waals surface area contributed by atoms with Gasteiger partial charge in [-0.2, -0.15) is 0 Å². The van der Waals surface area contributed by atoms with E-state index in [0.29, 0.717) is 24.3 Å². The molecule has 1 aliphatic rings. The van der Waals surface area contributed by atoms with Crippen LogP contribution in [-0.2, 0) is 16.4 Å². The van der Waals surface area contributed by atoms with Crippen LogP contribution in [0.5, 0.6) is 0 Å². The van der Waals surface area contributed by atoms with Crippen molar-refractivity contribution in [3.05, 3.63) is 64.4 Å². The van der Waals surface area contributed by atoms with Crippen molar-refractivity contribution in [2.24, 2.45) is 0 Å². The molecule has 0 bridgehead atoms. The molecule has 1 atom stereocenters. The Bertz CT molecular complexity index is 1270. The third-order valence-corrected chi connectivity index (χ3v) is 8.21. The van der Waals surface area contributed by atoms with Crippen molar-refractivity contribution in [1.82, 2.24) is 4.90 Å². The summed E-state index contributed by atoms with van der Waals surface area (Å²) in [5.74, 6) is 0.136. The Labute approximate surface area is 189 Å². The summed E-state index contributed by atoms with van der Waals surface area (Å²) in [6, 6.07) is 11.6. The Kier molecular flexibility index (Phi) is 5.79. The number of amides is 1. The fourth-order valence-electron chi connectivity index (χ4n) is 4.29. The topological polar surface area (TPSA) is 70.8 Å². The Morgan fingerprint density at radius 3 is 2.31 bits per heavy atom. The number of sulfone groups is 1. The van der Waals surface area contributed by atoms with Crippen LogP contribution < -0.4 is 4.90 Å². The molecule has 3 aromatic rings. The summed E-state index contributed by atoms with van der Waals surface area (Å²) < 4.78 is 30.4. The number of carbonyl (C=O) groups is 1. The first-order valence-corrected chi connectivity index (χ1v) is 12.7. The van der Waals surface area contributed by atoms with Crippen LogP contribution >= 0.6 is 0 Å². The van der Waals surface area contributed by atoms with Gasteiger partial charge in [-0.15, -0.1) is 0 Å². The van der Waals surface area contributed by atoms with Gasteiger partial charge in [0.2, 0.25) is 0 Å². The van der Waals surface area contributed by atoms with E-state index >= 15 is 0 Å². The molecule has 0 spiro atoms. The van der Waals surface area contributed by atoms with Crippen LogP contribution in [0.1, 0.15) is 39.2 Å². The van der Waals surface area contributed by atoms with Crippen LogP contribution in [-0.4, -0.2) is 50.9 Å². The molecule has 0 saturated carbocycles. The molecule has 170 valence electrons. The third kappa shape index (κ3) is 4.26. The van der Waals surface area contributed by atoms with Gasteiger partial charge in [0, 0.05) is 43.3 Å². The highest BCUT2D eigenvalue weighted by Crippen LogP contribution is 2.31. The van der Waals surface area contributed by atoms with E-state index in [1.54, 1.807) is 4.90 Å². The van der Waals surface area contributed by atoms with Gasteiger partial charge < -0.3 is 14.2 Å². The molecule has 2 heterocycles. The van der Waals surface area contributed by atoms with Crippen LogP contribution in [0.3, 0.4) is 0 Å². The highest BCUT2D eigenvalue weighted by atomic mass is 32.2. The van der Waals surface area contributed by atoms with Gasteiger partial charge in [0.1, 0.15) is 5.58 Å². The first-order valence-electron chi connectivity index (χ1n) is 10.8. The van der Waals surface area contributed by atoms with Gasteiger partial charge in [0.15, 0.2) is 15.6 Å². The number of carbonyl (C=O) groups excluding carboxylic acids is 1. The van der Waals surface area contributed by atoms with Crippen LogP contribution in [0, 0.1) is 20.8 Å². The van der Waals surface area contributed by atoms with E-state index in [9.17, 15) is 13.2 Å². The van der Waals surface area contributed by atoms with Gasteiger partial charge >= 0.3 is 0 Å². The van der Waals surface area contributed by atoms with Crippen molar-refractivity contribution in [1.29, 1.82) is 0 Å². The molecule has 1 saturated heterocycles. The highest BCUT2D eigenvalue weighted by molar-refractivity contribution is 7.91. The van der Waals surface area contributed by atoms with Crippen LogP contribution in [0.4, 0.5) is 5.69 Å². The monoisotopic (exact) mass is 454 g/mol. The number of nitrogens with zero attached hydrogens (tertiary/aromatic N) is 2. The Balaban J connectivity index is 1.72. The normalized spacial score (nSPS) is 17.6. The van der Waals surface area contributed by atoms with Crippen LogP contribution in [0.15, 0.2) is 40.8 Å². The predicted octanol–water partition coefficient (Wildman–Crippen LogP) is 4.25. The van der Waals surface area contributed by atoms with Crippen molar-refractivity contribution >= 4 is 32.4 Å². The smallest absolute Gasteiger partial charge is 0.290 e. The number of anilines is 1. The molecule has 1 fully saturated rings. The fraction of sp³-hybridized carbons (Fsp3) is 0.400. The number of aryl methyl sites for hydroxylation is 3. The minimum Gasteiger partial charge on any atom is -0.451 e. The molecule has 2 aromatic carbocycles. The molecule has 0 aliphatic carbocycles. The molecule has 7 heteroatoms. The Morgan fingerprint density at radius 2 is 1.72 bits per heavy atom. The lowest BCUT2D eigenvalue weighted by atomic mass is 10.0. The summed E-state index contributed by atoms with van der Waals surface area (Å²) >= 11 is 0. The second-order valence-electron chi connectivity index (χ2n) is 9.04. The van der Waals surface area contributed by atoms with Gasteiger partial charge in [-0.05, 0) is 68.1 Å². The standard InChI is InChI=1S/C25H30N2O4S/c1-16-12-22-18(3)24(31-23(22)13-17(16)2)25(28)27(21-10-11-32(29,30)15-21)14-19-6-8-20(9-7-19)26(4)5/h6-9,12-13,21H,10-11,14-15H2,1-5H3/t21-/m1/s1. The van der Waals surface area contributed by atoms with Crippen molar-refractivity contribution in [3.63, 3.8) is 0 Å². The number of hydrogen-bond donors (Lipinski definition) is 0. The second-order valence-corrected chi connectivity index (χ2v) is 11.3. The molecule has 0 N–H and O–H groups in total. The Hall–Kier alpha value is -2.80. The third-order valence-electron chi connectivity index (χ3n) is 6.46. The highest BCUT2D eigenvalue weighted by Gasteiger charge is 2.36. The van der Waals surface area contributed by atoms with E-state index in [1.165, 1.54) is 0 Å². The molecular formula is C25H30N2O4S. The molecular weight excluding hydrogens is 424 g/mol. The van der Waals surface area contributed by atoms with Gasteiger partial charge in [-0.1, -0.05) is 12.1 Å². The number of fused-ring (bicyclic) bond motifs is 1. The summed E-state index contributed by atoms with van der Waals surface area (Å²) in [4.78, 5) is 17.4.